The number of nitrogens with one attached hydrogen (secondary N) is 1. The van der Waals surface area contributed by atoms with Crippen LogP contribution < -0.4 is 5.32 Å². The van der Waals surface area contributed by atoms with Gasteiger partial charge in [0.2, 0.25) is 5.91 Å². The molecule has 0 bridgehead atoms. The van der Waals surface area contributed by atoms with Crippen molar-refractivity contribution in [1.82, 2.24) is 5.32 Å². The lowest BCUT2D eigenvalue weighted by molar-refractivity contribution is -0.123. The summed E-state index contributed by atoms with van der Waals surface area (Å²) in [4.78, 5) is 12.1. The molecule has 3 N–H and O–H groups in total. The third kappa shape index (κ3) is 22.4. The highest BCUT2D eigenvalue weighted by molar-refractivity contribution is 5.76. The molecule has 0 heterocycles. The Morgan fingerprint density at radius 2 is 1.18 bits per heavy atom. The molecule has 1 amide bonds. The van der Waals surface area contributed by atoms with Crippen LogP contribution in [0, 0.1) is 0 Å². The fourth-order valence-electron chi connectivity index (χ4n) is 3.92. The predicted octanol–water partition coefficient (Wildman–Crippen LogP) is 7.39. The maximum Gasteiger partial charge on any atom is 0.220 e. The average molecular weight is 466 g/mol. The molecule has 4 heteroatoms. The molecular formula is C29H55NO3. The van der Waals surface area contributed by atoms with E-state index < -0.39 is 12.1 Å². The number of allylic oxidation sites excluding steroid dienone is 3. The van der Waals surface area contributed by atoms with Crippen LogP contribution in [0.2, 0.25) is 0 Å². The first kappa shape index (κ1) is 31.9. The molecule has 0 spiro atoms. The zero-order valence-corrected chi connectivity index (χ0v) is 21.9. The van der Waals surface area contributed by atoms with Crippen molar-refractivity contribution in [3.05, 3.63) is 24.3 Å². The number of carbonyl (C=O) groups excluding carboxylic acids is 1. The number of rotatable bonds is 24. The van der Waals surface area contributed by atoms with Crippen molar-refractivity contribution in [2.45, 2.75) is 148 Å². The normalized spacial score (nSPS) is 13.7. The second-order valence-electron chi connectivity index (χ2n) is 9.46. The second kappa shape index (κ2) is 25.5. The second-order valence-corrected chi connectivity index (χ2v) is 9.46. The molecule has 0 radical (unpaired) electrons. The first-order valence-corrected chi connectivity index (χ1v) is 14.1. The maximum atomic E-state index is 12.1. The number of aliphatic hydroxyl groups excluding tert-OH is 2. The standard InChI is InChI=1S/C29H55NO3/c1-3-5-7-9-11-13-15-16-18-20-22-24-28(32)27(26-31)30-29(33)25-23-21-19-17-14-12-10-8-6-4-2/h10,12,22,24,27-28,31-32H,3-9,11,13-21,23,25-26H2,1-2H3,(H,30,33)/b12-10-,24-22+. The Labute approximate surface area is 205 Å². The molecule has 0 aliphatic rings. The lowest BCUT2D eigenvalue weighted by Crippen LogP contribution is -2.45. The molecule has 2 atom stereocenters. The van der Waals surface area contributed by atoms with Crippen LogP contribution in [0.15, 0.2) is 24.3 Å². The van der Waals surface area contributed by atoms with E-state index in [0.717, 1.165) is 38.5 Å². The summed E-state index contributed by atoms with van der Waals surface area (Å²) in [6.45, 7) is 4.21. The largest absolute Gasteiger partial charge is 0.394 e. The lowest BCUT2D eigenvalue weighted by atomic mass is 10.1. The summed E-state index contributed by atoms with van der Waals surface area (Å²) in [5.41, 5.74) is 0. The van der Waals surface area contributed by atoms with Crippen molar-refractivity contribution in [1.29, 1.82) is 0 Å². The van der Waals surface area contributed by atoms with Gasteiger partial charge in [-0.15, -0.1) is 0 Å². The van der Waals surface area contributed by atoms with Crippen LogP contribution in [-0.4, -0.2) is 34.9 Å². The first-order chi connectivity index (χ1) is 16.2. The number of hydrogen-bond acceptors (Lipinski definition) is 3. The summed E-state index contributed by atoms with van der Waals surface area (Å²) < 4.78 is 0. The Morgan fingerprint density at radius 3 is 1.76 bits per heavy atom. The molecule has 194 valence electrons. The molecule has 0 saturated carbocycles. The number of hydrogen-bond donors (Lipinski definition) is 3. The van der Waals surface area contributed by atoms with E-state index >= 15 is 0 Å². The molecule has 33 heavy (non-hydrogen) atoms. The summed E-state index contributed by atoms with van der Waals surface area (Å²) in [5, 5.41) is 22.6. The highest BCUT2D eigenvalue weighted by Gasteiger charge is 2.17. The van der Waals surface area contributed by atoms with Gasteiger partial charge < -0.3 is 15.5 Å². The van der Waals surface area contributed by atoms with Gasteiger partial charge in [-0.1, -0.05) is 115 Å². The van der Waals surface area contributed by atoms with Gasteiger partial charge in [0.15, 0.2) is 0 Å². The minimum absolute atomic E-state index is 0.0834. The Hall–Kier alpha value is -1.13. The third-order valence-electron chi connectivity index (χ3n) is 6.18. The number of carbonyl (C=O) groups is 1. The van der Waals surface area contributed by atoms with Crippen molar-refractivity contribution in [2.75, 3.05) is 6.61 Å². The Balaban J connectivity index is 3.75. The van der Waals surface area contributed by atoms with Crippen molar-refractivity contribution < 1.29 is 15.0 Å². The van der Waals surface area contributed by atoms with Gasteiger partial charge in [0.05, 0.1) is 18.8 Å². The van der Waals surface area contributed by atoms with E-state index in [2.05, 4.69) is 31.3 Å². The highest BCUT2D eigenvalue weighted by atomic mass is 16.3. The van der Waals surface area contributed by atoms with Crippen LogP contribution in [0.3, 0.4) is 0 Å². The molecule has 0 fully saturated rings. The van der Waals surface area contributed by atoms with E-state index in [9.17, 15) is 15.0 Å². The van der Waals surface area contributed by atoms with Gasteiger partial charge in [-0.2, -0.15) is 0 Å². The molecule has 0 rings (SSSR count). The fourth-order valence-corrected chi connectivity index (χ4v) is 3.92. The summed E-state index contributed by atoms with van der Waals surface area (Å²) >= 11 is 0. The van der Waals surface area contributed by atoms with Crippen LogP contribution in [-0.2, 0) is 4.79 Å². The van der Waals surface area contributed by atoms with Crippen molar-refractivity contribution in [2.24, 2.45) is 0 Å². The van der Waals surface area contributed by atoms with E-state index in [1.807, 2.05) is 6.08 Å². The van der Waals surface area contributed by atoms with Crippen LogP contribution in [0.4, 0.5) is 0 Å². The molecule has 4 nitrogen and oxygen atoms in total. The van der Waals surface area contributed by atoms with Crippen LogP contribution in [0.5, 0.6) is 0 Å². The van der Waals surface area contributed by atoms with E-state index in [1.54, 1.807) is 6.08 Å². The van der Waals surface area contributed by atoms with Gasteiger partial charge in [-0.3, -0.25) is 4.79 Å². The summed E-state index contributed by atoms with van der Waals surface area (Å²) in [6, 6.07) is -0.620. The molecule has 0 aromatic heterocycles. The number of aliphatic hydroxyl groups is 2. The van der Waals surface area contributed by atoms with E-state index in [4.69, 9.17) is 0 Å². The molecular weight excluding hydrogens is 410 g/mol. The molecule has 0 aromatic rings. The zero-order chi connectivity index (χ0) is 24.4. The fraction of sp³-hybridized carbons (Fsp3) is 0.828. The predicted molar refractivity (Wildman–Crippen MR) is 142 cm³/mol. The molecule has 0 aromatic carbocycles. The zero-order valence-electron chi connectivity index (χ0n) is 21.9. The SMILES string of the molecule is CCCC/C=C\CCCCCCC(=O)NC(CO)C(O)/C=C/CCCCCCCCCCC. The van der Waals surface area contributed by atoms with Crippen molar-refractivity contribution in [3.63, 3.8) is 0 Å². The topological polar surface area (TPSA) is 69.6 Å². The van der Waals surface area contributed by atoms with Gasteiger partial charge in [0.1, 0.15) is 0 Å². The van der Waals surface area contributed by atoms with Crippen molar-refractivity contribution >= 4 is 5.91 Å². The smallest absolute Gasteiger partial charge is 0.220 e. The Kier molecular flexibility index (Phi) is 24.6. The Morgan fingerprint density at radius 1 is 0.697 bits per heavy atom. The van der Waals surface area contributed by atoms with E-state index in [-0.39, 0.29) is 12.5 Å². The lowest BCUT2D eigenvalue weighted by Gasteiger charge is -2.20. The van der Waals surface area contributed by atoms with Crippen LogP contribution >= 0.6 is 0 Å². The van der Waals surface area contributed by atoms with E-state index in [0.29, 0.717) is 6.42 Å². The monoisotopic (exact) mass is 465 g/mol. The Bertz CT molecular complexity index is 475. The summed E-state index contributed by atoms with van der Waals surface area (Å²) in [5.74, 6) is -0.0834. The molecule has 0 aliphatic heterocycles. The number of amides is 1. The highest BCUT2D eigenvalue weighted by Crippen LogP contribution is 2.11. The third-order valence-corrected chi connectivity index (χ3v) is 6.18. The molecule has 2 unspecified atom stereocenters. The molecule has 0 saturated heterocycles. The van der Waals surface area contributed by atoms with Gasteiger partial charge in [0, 0.05) is 6.42 Å². The minimum Gasteiger partial charge on any atom is -0.394 e. The number of unbranched alkanes of at least 4 members (excludes halogenated alkanes) is 15. The molecule has 0 aliphatic carbocycles. The van der Waals surface area contributed by atoms with Crippen LogP contribution in [0.25, 0.3) is 0 Å². The average Bonchev–Trinajstić information content (AvgIpc) is 2.82. The summed E-state index contributed by atoms with van der Waals surface area (Å²) in [6.07, 6.45) is 29.6. The van der Waals surface area contributed by atoms with Gasteiger partial charge in [-0.05, 0) is 38.5 Å². The summed E-state index contributed by atoms with van der Waals surface area (Å²) in [7, 11) is 0. The maximum absolute atomic E-state index is 12.1. The van der Waals surface area contributed by atoms with E-state index in [1.165, 1.54) is 77.0 Å². The quantitative estimate of drug-likeness (QED) is 0.103. The van der Waals surface area contributed by atoms with Crippen LogP contribution in [0.1, 0.15) is 136 Å². The first-order valence-electron chi connectivity index (χ1n) is 14.1. The van der Waals surface area contributed by atoms with Gasteiger partial charge >= 0.3 is 0 Å². The van der Waals surface area contributed by atoms with Crippen molar-refractivity contribution in [3.8, 4) is 0 Å². The van der Waals surface area contributed by atoms with Gasteiger partial charge in [-0.25, -0.2) is 0 Å². The van der Waals surface area contributed by atoms with Gasteiger partial charge in [0.25, 0.3) is 0 Å². The minimum atomic E-state index is -0.836.